The van der Waals surface area contributed by atoms with E-state index in [0.717, 1.165) is 12.8 Å². The molecule has 0 spiro atoms. The molecule has 2 nitrogen and oxygen atoms in total. The van der Waals surface area contributed by atoms with Crippen LogP contribution in [0.1, 0.15) is 59.3 Å². The molecule has 0 heterocycles. The molecule has 2 fully saturated rings. The molecule has 0 N–H and O–H groups in total. The van der Waals surface area contributed by atoms with Crippen LogP contribution >= 0.6 is 0 Å². The van der Waals surface area contributed by atoms with Gasteiger partial charge >= 0.3 is 5.97 Å². The zero-order chi connectivity index (χ0) is 11.8. The highest BCUT2D eigenvalue weighted by molar-refractivity contribution is 5.77. The maximum Gasteiger partial charge on any atom is 0.312 e. The van der Waals surface area contributed by atoms with Crippen LogP contribution in [-0.2, 0) is 9.53 Å². The van der Waals surface area contributed by atoms with E-state index < -0.39 is 0 Å². The predicted octanol–water partition coefficient (Wildman–Crippen LogP) is 3.55. The predicted molar refractivity (Wildman–Crippen MR) is 64.0 cm³/mol. The number of ether oxygens (including phenoxy) is 1. The van der Waals surface area contributed by atoms with Crippen LogP contribution in [0.25, 0.3) is 0 Å². The van der Waals surface area contributed by atoms with E-state index in [1.807, 2.05) is 0 Å². The maximum atomic E-state index is 12.2. The molecule has 1 atom stereocenters. The molecule has 0 amide bonds. The Morgan fingerprint density at radius 3 is 2.38 bits per heavy atom. The van der Waals surface area contributed by atoms with Gasteiger partial charge in [-0.3, -0.25) is 4.79 Å². The van der Waals surface area contributed by atoms with E-state index in [9.17, 15) is 4.79 Å². The summed E-state index contributed by atoms with van der Waals surface area (Å²) in [5.74, 6) is 0.711. The van der Waals surface area contributed by atoms with Crippen molar-refractivity contribution in [1.29, 1.82) is 0 Å². The van der Waals surface area contributed by atoms with E-state index in [-0.39, 0.29) is 16.8 Å². The Labute approximate surface area is 98.7 Å². The van der Waals surface area contributed by atoms with Gasteiger partial charge < -0.3 is 4.74 Å². The molecule has 2 saturated carbocycles. The summed E-state index contributed by atoms with van der Waals surface area (Å²) >= 11 is 0. The van der Waals surface area contributed by atoms with Crippen molar-refractivity contribution in [3.05, 3.63) is 0 Å². The number of rotatable bonds is 3. The highest BCUT2D eigenvalue weighted by Crippen LogP contribution is 2.51. The van der Waals surface area contributed by atoms with E-state index >= 15 is 0 Å². The summed E-state index contributed by atoms with van der Waals surface area (Å²) in [4.78, 5) is 12.2. The Bertz CT molecular complexity index is 278. The van der Waals surface area contributed by atoms with Crippen molar-refractivity contribution in [2.45, 2.75) is 59.3 Å². The molecule has 0 aliphatic heterocycles. The van der Waals surface area contributed by atoms with Gasteiger partial charge in [-0.2, -0.15) is 0 Å². The van der Waals surface area contributed by atoms with Gasteiger partial charge in [0.25, 0.3) is 0 Å². The van der Waals surface area contributed by atoms with Crippen LogP contribution in [-0.4, -0.2) is 12.6 Å². The number of carbonyl (C=O) groups excluding carboxylic acids is 1. The van der Waals surface area contributed by atoms with Crippen molar-refractivity contribution in [3.63, 3.8) is 0 Å². The fourth-order valence-corrected chi connectivity index (χ4v) is 2.68. The molecular formula is C14H24O2. The molecule has 92 valence electrons. The van der Waals surface area contributed by atoms with Crippen LogP contribution in [0.15, 0.2) is 0 Å². The van der Waals surface area contributed by atoms with Crippen molar-refractivity contribution in [2.75, 3.05) is 6.61 Å². The summed E-state index contributed by atoms with van der Waals surface area (Å²) in [6.45, 7) is 7.18. The third-order valence-electron chi connectivity index (χ3n) is 4.82. The lowest BCUT2D eigenvalue weighted by molar-refractivity contribution is -0.166. The third-order valence-corrected chi connectivity index (χ3v) is 4.82. The quantitative estimate of drug-likeness (QED) is 0.685. The molecule has 0 saturated heterocycles. The molecule has 2 aliphatic rings. The molecule has 2 aliphatic carbocycles. The van der Waals surface area contributed by atoms with Gasteiger partial charge in [0.05, 0.1) is 12.0 Å². The molecule has 1 unspecified atom stereocenters. The Balaban J connectivity index is 1.99. The summed E-state index contributed by atoms with van der Waals surface area (Å²) in [5, 5.41) is 0. The van der Waals surface area contributed by atoms with Crippen LogP contribution in [0.4, 0.5) is 0 Å². The highest BCUT2D eigenvalue weighted by Gasteiger charge is 2.49. The molecule has 0 aromatic carbocycles. The molecule has 0 bridgehead atoms. The van der Waals surface area contributed by atoms with Crippen LogP contribution < -0.4 is 0 Å². The van der Waals surface area contributed by atoms with Crippen molar-refractivity contribution in [1.82, 2.24) is 0 Å². The first-order valence-corrected chi connectivity index (χ1v) is 6.63. The standard InChI is InChI=1S/C14H24O2/c1-13(2)8-4-5-9-14(13,3)12(15)16-10-11-6-7-11/h11H,4-10H2,1-3H3. The fourth-order valence-electron chi connectivity index (χ4n) is 2.68. The van der Waals surface area contributed by atoms with E-state index in [2.05, 4.69) is 20.8 Å². The summed E-state index contributed by atoms with van der Waals surface area (Å²) in [6.07, 6.45) is 7.03. The highest BCUT2D eigenvalue weighted by atomic mass is 16.5. The largest absolute Gasteiger partial charge is 0.465 e. The third kappa shape index (κ3) is 2.11. The first-order valence-electron chi connectivity index (χ1n) is 6.63. The van der Waals surface area contributed by atoms with Gasteiger partial charge in [-0.15, -0.1) is 0 Å². The van der Waals surface area contributed by atoms with E-state index in [1.54, 1.807) is 0 Å². The van der Waals surface area contributed by atoms with Gasteiger partial charge in [0.15, 0.2) is 0 Å². The molecule has 2 heteroatoms. The normalized spacial score (nSPS) is 33.4. The first-order chi connectivity index (χ1) is 7.46. The van der Waals surface area contributed by atoms with E-state index in [1.165, 1.54) is 25.7 Å². The SMILES string of the molecule is CC1(C)CCCCC1(C)C(=O)OCC1CC1. The second-order valence-electron chi connectivity index (χ2n) is 6.46. The molecule has 16 heavy (non-hydrogen) atoms. The zero-order valence-electron chi connectivity index (χ0n) is 10.8. The zero-order valence-corrected chi connectivity index (χ0v) is 10.8. The second-order valence-corrected chi connectivity index (χ2v) is 6.46. The van der Waals surface area contributed by atoms with Crippen LogP contribution in [0.2, 0.25) is 0 Å². The van der Waals surface area contributed by atoms with Crippen molar-refractivity contribution in [2.24, 2.45) is 16.7 Å². The molecule has 2 rings (SSSR count). The average Bonchev–Trinajstić information content (AvgIpc) is 3.02. The topological polar surface area (TPSA) is 26.3 Å². The van der Waals surface area contributed by atoms with Gasteiger partial charge in [0.2, 0.25) is 0 Å². The first kappa shape index (κ1) is 11.9. The van der Waals surface area contributed by atoms with Gasteiger partial charge in [-0.1, -0.05) is 26.7 Å². The smallest absolute Gasteiger partial charge is 0.312 e. The van der Waals surface area contributed by atoms with Gasteiger partial charge in [-0.25, -0.2) is 0 Å². The maximum absolute atomic E-state index is 12.2. The molecule has 0 aromatic rings. The second kappa shape index (κ2) is 4.05. The van der Waals surface area contributed by atoms with Crippen LogP contribution in [0.3, 0.4) is 0 Å². The number of carbonyl (C=O) groups is 1. The van der Waals surface area contributed by atoms with Gasteiger partial charge in [-0.05, 0) is 43.9 Å². The van der Waals surface area contributed by atoms with Crippen molar-refractivity contribution in [3.8, 4) is 0 Å². The number of esters is 1. The van der Waals surface area contributed by atoms with E-state index in [0.29, 0.717) is 12.5 Å². The Morgan fingerprint density at radius 1 is 1.19 bits per heavy atom. The summed E-state index contributed by atoms with van der Waals surface area (Å²) < 4.78 is 5.51. The summed E-state index contributed by atoms with van der Waals surface area (Å²) in [6, 6.07) is 0. The van der Waals surface area contributed by atoms with Crippen LogP contribution in [0, 0.1) is 16.7 Å². The van der Waals surface area contributed by atoms with Crippen LogP contribution in [0.5, 0.6) is 0 Å². The van der Waals surface area contributed by atoms with Gasteiger partial charge in [0.1, 0.15) is 0 Å². The van der Waals surface area contributed by atoms with Gasteiger partial charge in [0, 0.05) is 0 Å². The van der Waals surface area contributed by atoms with E-state index in [4.69, 9.17) is 4.74 Å². The van der Waals surface area contributed by atoms with Crippen molar-refractivity contribution < 1.29 is 9.53 Å². The molecular weight excluding hydrogens is 200 g/mol. The summed E-state index contributed by atoms with van der Waals surface area (Å²) in [5.41, 5.74) is -0.175. The summed E-state index contributed by atoms with van der Waals surface area (Å²) in [7, 11) is 0. The monoisotopic (exact) mass is 224 g/mol. The fraction of sp³-hybridized carbons (Fsp3) is 0.929. The Hall–Kier alpha value is -0.530. The minimum Gasteiger partial charge on any atom is -0.465 e. The molecule has 0 radical (unpaired) electrons. The Kier molecular flexibility index (Phi) is 3.02. The minimum absolute atomic E-state index is 0.0455. The lowest BCUT2D eigenvalue weighted by Crippen LogP contribution is -2.45. The average molecular weight is 224 g/mol. The molecule has 0 aromatic heterocycles. The number of hydrogen-bond acceptors (Lipinski definition) is 2. The lowest BCUT2D eigenvalue weighted by atomic mass is 9.59. The number of hydrogen-bond donors (Lipinski definition) is 0. The lowest BCUT2D eigenvalue weighted by Gasteiger charge is -2.45. The minimum atomic E-state index is -0.264. The van der Waals surface area contributed by atoms with Crippen molar-refractivity contribution >= 4 is 5.97 Å². The Morgan fingerprint density at radius 2 is 1.81 bits per heavy atom.